The number of nitrogens with zero attached hydrogens (tertiary/aromatic N) is 1. The molecule has 2 N–H and O–H groups in total. The Morgan fingerprint density at radius 2 is 2.24 bits per heavy atom. The Kier molecular flexibility index (Phi) is 6.16. The molecular formula is C19H27ClIN3O. The van der Waals surface area contributed by atoms with Gasteiger partial charge in [0.15, 0.2) is 5.96 Å². The number of guanidine groups is 1. The smallest absolute Gasteiger partial charge is 0.191 e. The maximum absolute atomic E-state index is 6.07. The molecule has 4 rings (SSSR count). The van der Waals surface area contributed by atoms with Gasteiger partial charge in [0.2, 0.25) is 0 Å². The van der Waals surface area contributed by atoms with Gasteiger partial charge in [0, 0.05) is 35.5 Å². The summed E-state index contributed by atoms with van der Waals surface area (Å²) in [5.41, 5.74) is 1.50. The molecule has 3 aliphatic rings. The molecule has 1 saturated heterocycles. The number of ether oxygens (including phenoxy) is 1. The second-order valence-electron chi connectivity index (χ2n) is 7.28. The van der Waals surface area contributed by atoms with Crippen LogP contribution in [0.4, 0.5) is 0 Å². The van der Waals surface area contributed by atoms with Gasteiger partial charge in [-0.3, -0.25) is 0 Å². The molecule has 0 aromatic heterocycles. The number of hydrogen-bond acceptors (Lipinski definition) is 2. The van der Waals surface area contributed by atoms with Crippen LogP contribution in [0.15, 0.2) is 29.3 Å². The monoisotopic (exact) mass is 475 g/mol. The minimum atomic E-state index is 0. The van der Waals surface area contributed by atoms with Crippen molar-refractivity contribution in [2.75, 3.05) is 13.2 Å². The number of hydrogen-bond donors (Lipinski definition) is 2. The average molecular weight is 476 g/mol. The lowest BCUT2D eigenvalue weighted by molar-refractivity contribution is -0.171. The SMILES string of the molecule is CCNC(=NCc1cccc(Cl)c1)NC1C2CCOC2C12CCC2.I. The van der Waals surface area contributed by atoms with E-state index in [2.05, 4.69) is 23.6 Å². The number of fused-ring (bicyclic) bond motifs is 2. The fraction of sp³-hybridized carbons (Fsp3) is 0.632. The number of aliphatic imine (C=N–C) groups is 1. The molecular weight excluding hydrogens is 449 g/mol. The van der Waals surface area contributed by atoms with E-state index in [0.29, 0.717) is 30.0 Å². The number of nitrogens with one attached hydrogen (secondary N) is 2. The zero-order valence-electron chi connectivity index (χ0n) is 14.6. The summed E-state index contributed by atoms with van der Waals surface area (Å²) in [5.74, 6) is 1.57. The van der Waals surface area contributed by atoms with Crippen LogP contribution < -0.4 is 10.6 Å². The van der Waals surface area contributed by atoms with Crippen LogP contribution in [0, 0.1) is 11.3 Å². The van der Waals surface area contributed by atoms with Gasteiger partial charge in [0.05, 0.1) is 12.6 Å². The van der Waals surface area contributed by atoms with Crippen molar-refractivity contribution >= 4 is 41.5 Å². The molecule has 138 valence electrons. The molecule has 6 heteroatoms. The first-order chi connectivity index (χ1) is 11.7. The van der Waals surface area contributed by atoms with E-state index in [9.17, 15) is 0 Å². The Morgan fingerprint density at radius 1 is 1.40 bits per heavy atom. The largest absolute Gasteiger partial charge is 0.377 e. The van der Waals surface area contributed by atoms with Crippen LogP contribution in [0.25, 0.3) is 0 Å². The van der Waals surface area contributed by atoms with Crippen molar-refractivity contribution in [1.29, 1.82) is 0 Å². The standard InChI is InChI=1S/C19H26ClN3O.HI/c1-2-21-18(22-12-13-5-3-6-14(20)11-13)23-16-15-7-10-24-17(15)19(16)8-4-9-19;/h3,5-6,11,15-17H,2,4,7-10,12H2,1H3,(H2,21,22,23);1H. The van der Waals surface area contributed by atoms with Crippen molar-refractivity contribution in [3.05, 3.63) is 34.9 Å². The van der Waals surface area contributed by atoms with Crippen LogP contribution >= 0.6 is 35.6 Å². The zero-order chi connectivity index (χ0) is 16.6. The van der Waals surface area contributed by atoms with Crippen molar-refractivity contribution in [2.45, 2.75) is 51.3 Å². The molecule has 4 nitrogen and oxygen atoms in total. The summed E-state index contributed by atoms with van der Waals surface area (Å²) < 4.78 is 6.01. The summed E-state index contributed by atoms with van der Waals surface area (Å²) in [6, 6.07) is 8.43. The molecule has 0 bridgehead atoms. The minimum absolute atomic E-state index is 0. The summed E-state index contributed by atoms with van der Waals surface area (Å²) >= 11 is 6.07. The second-order valence-corrected chi connectivity index (χ2v) is 7.71. The normalized spacial score (nSPS) is 29.2. The highest BCUT2D eigenvalue weighted by Gasteiger charge is 2.66. The lowest BCUT2D eigenvalue weighted by Crippen LogP contribution is -2.72. The predicted molar refractivity (Wildman–Crippen MR) is 113 cm³/mol. The first-order valence-corrected chi connectivity index (χ1v) is 9.51. The Labute approximate surface area is 172 Å². The summed E-state index contributed by atoms with van der Waals surface area (Å²) in [4.78, 5) is 4.78. The van der Waals surface area contributed by atoms with E-state index < -0.39 is 0 Å². The van der Waals surface area contributed by atoms with Crippen LogP contribution in [0.1, 0.15) is 38.2 Å². The summed E-state index contributed by atoms with van der Waals surface area (Å²) in [6.45, 7) is 4.54. The molecule has 1 spiro atoms. The van der Waals surface area contributed by atoms with E-state index in [4.69, 9.17) is 21.3 Å². The fourth-order valence-corrected chi connectivity index (χ4v) is 4.94. The Bertz CT molecular complexity index is 635. The van der Waals surface area contributed by atoms with Gasteiger partial charge in [-0.15, -0.1) is 24.0 Å². The molecule has 2 aliphatic carbocycles. The van der Waals surface area contributed by atoms with E-state index in [1.54, 1.807) is 0 Å². The lowest BCUT2D eigenvalue weighted by atomic mass is 9.46. The predicted octanol–water partition coefficient (Wildman–Crippen LogP) is 3.97. The van der Waals surface area contributed by atoms with Gasteiger partial charge in [-0.05, 0) is 43.9 Å². The summed E-state index contributed by atoms with van der Waals surface area (Å²) in [6.07, 6.45) is 5.58. The molecule has 1 aromatic carbocycles. The van der Waals surface area contributed by atoms with Gasteiger partial charge in [-0.25, -0.2) is 4.99 Å². The van der Waals surface area contributed by atoms with Gasteiger partial charge < -0.3 is 15.4 Å². The maximum atomic E-state index is 6.07. The molecule has 0 amide bonds. The molecule has 3 unspecified atom stereocenters. The van der Waals surface area contributed by atoms with Crippen LogP contribution in [0.5, 0.6) is 0 Å². The molecule has 0 radical (unpaired) electrons. The Balaban J connectivity index is 0.00000182. The van der Waals surface area contributed by atoms with Gasteiger partial charge >= 0.3 is 0 Å². The third-order valence-electron chi connectivity index (χ3n) is 5.98. The third kappa shape index (κ3) is 3.52. The van der Waals surface area contributed by atoms with E-state index in [-0.39, 0.29) is 24.0 Å². The van der Waals surface area contributed by atoms with Crippen molar-refractivity contribution in [1.82, 2.24) is 10.6 Å². The third-order valence-corrected chi connectivity index (χ3v) is 6.22. The maximum Gasteiger partial charge on any atom is 0.191 e. The average Bonchev–Trinajstić information content (AvgIpc) is 2.94. The molecule has 3 fully saturated rings. The first-order valence-electron chi connectivity index (χ1n) is 9.14. The zero-order valence-corrected chi connectivity index (χ0v) is 17.7. The Morgan fingerprint density at radius 3 is 2.92 bits per heavy atom. The summed E-state index contributed by atoms with van der Waals surface area (Å²) in [5, 5.41) is 7.89. The van der Waals surface area contributed by atoms with Crippen LogP contribution in [-0.2, 0) is 11.3 Å². The molecule has 1 aromatic rings. The quantitative estimate of drug-likeness (QED) is 0.393. The van der Waals surface area contributed by atoms with Crippen molar-refractivity contribution in [2.24, 2.45) is 16.3 Å². The fourth-order valence-electron chi connectivity index (χ4n) is 4.73. The minimum Gasteiger partial charge on any atom is -0.377 e. The highest BCUT2D eigenvalue weighted by molar-refractivity contribution is 14.0. The van der Waals surface area contributed by atoms with Crippen LogP contribution in [-0.4, -0.2) is 31.3 Å². The molecule has 3 atom stereocenters. The van der Waals surface area contributed by atoms with Gasteiger partial charge in [-0.1, -0.05) is 30.2 Å². The van der Waals surface area contributed by atoms with Gasteiger partial charge in [0.25, 0.3) is 0 Å². The van der Waals surface area contributed by atoms with Gasteiger partial charge in [-0.2, -0.15) is 0 Å². The number of rotatable bonds is 4. The molecule has 2 saturated carbocycles. The van der Waals surface area contributed by atoms with Crippen molar-refractivity contribution in [3.8, 4) is 0 Å². The van der Waals surface area contributed by atoms with E-state index in [0.717, 1.165) is 29.7 Å². The molecule has 1 aliphatic heterocycles. The van der Waals surface area contributed by atoms with Crippen LogP contribution in [0.3, 0.4) is 0 Å². The molecule has 25 heavy (non-hydrogen) atoms. The van der Waals surface area contributed by atoms with Gasteiger partial charge in [0.1, 0.15) is 0 Å². The second kappa shape index (κ2) is 8.01. The van der Waals surface area contributed by atoms with E-state index >= 15 is 0 Å². The highest BCUT2D eigenvalue weighted by atomic mass is 127. The Hall–Kier alpha value is -0.530. The van der Waals surface area contributed by atoms with Crippen molar-refractivity contribution in [3.63, 3.8) is 0 Å². The van der Waals surface area contributed by atoms with Crippen molar-refractivity contribution < 1.29 is 4.74 Å². The van der Waals surface area contributed by atoms with E-state index in [1.807, 2.05) is 18.2 Å². The van der Waals surface area contributed by atoms with Crippen LogP contribution in [0.2, 0.25) is 5.02 Å². The first kappa shape index (κ1) is 19.2. The lowest BCUT2D eigenvalue weighted by Gasteiger charge is -2.63. The van der Waals surface area contributed by atoms with E-state index in [1.165, 1.54) is 25.7 Å². The highest BCUT2D eigenvalue weighted by Crippen LogP contribution is 2.62. The summed E-state index contributed by atoms with van der Waals surface area (Å²) in [7, 11) is 0. The topological polar surface area (TPSA) is 45.7 Å². The number of benzene rings is 1. The molecule has 1 heterocycles. The number of halogens is 2.